The lowest BCUT2D eigenvalue weighted by Crippen LogP contribution is -2.47. The summed E-state index contributed by atoms with van der Waals surface area (Å²) >= 11 is 0. The van der Waals surface area contributed by atoms with Crippen molar-refractivity contribution < 1.29 is 4.74 Å². The van der Waals surface area contributed by atoms with Crippen molar-refractivity contribution in [1.29, 1.82) is 0 Å². The number of hydrogen-bond acceptors (Lipinski definition) is 3. The SMILES string of the molecule is COC1(C(NN)c2ccccc2)CCCCCC1. The molecule has 0 radical (unpaired) electrons. The fourth-order valence-electron chi connectivity index (χ4n) is 3.13. The van der Waals surface area contributed by atoms with Crippen molar-refractivity contribution in [2.45, 2.75) is 50.2 Å². The molecule has 0 amide bonds. The van der Waals surface area contributed by atoms with E-state index in [4.69, 9.17) is 10.6 Å². The predicted octanol–water partition coefficient (Wildman–Crippen LogP) is 2.93. The molecule has 18 heavy (non-hydrogen) atoms. The van der Waals surface area contributed by atoms with Gasteiger partial charge in [0, 0.05) is 7.11 Å². The summed E-state index contributed by atoms with van der Waals surface area (Å²) in [6.45, 7) is 0. The topological polar surface area (TPSA) is 47.3 Å². The zero-order valence-corrected chi connectivity index (χ0v) is 11.2. The van der Waals surface area contributed by atoms with E-state index in [2.05, 4.69) is 29.7 Å². The molecular weight excluding hydrogens is 224 g/mol. The lowest BCUT2D eigenvalue weighted by atomic mass is 9.82. The molecule has 1 aliphatic carbocycles. The van der Waals surface area contributed by atoms with Crippen molar-refractivity contribution in [3.05, 3.63) is 35.9 Å². The minimum atomic E-state index is -0.160. The molecule has 0 aliphatic heterocycles. The van der Waals surface area contributed by atoms with Crippen LogP contribution in [0.3, 0.4) is 0 Å². The quantitative estimate of drug-likeness (QED) is 0.489. The first-order valence-electron chi connectivity index (χ1n) is 6.88. The van der Waals surface area contributed by atoms with Crippen LogP contribution in [0, 0.1) is 0 Å². The van der Waals surface area contributed by atoms with Crippen LogP contribution in [0.1, 0.15) is 50.1 Å². The van der Waals surface area contributed by atoms with E-state index in [0.29, 0.717) is 0 Å². The van der Waals surface area contributed by atoms with Crippen LogP contribution < -0.4 is 11.3 Å². The van der Waals surface area contributed by atoms with E-state index in [1.807, 2.05) is 13.2 Å². The highest BCUT2D eigenvalue weighted by atomic mass is 16.5. The molecule has 3 heteroatoms. The zero-order valence-electron chi connectivity index (χ0n) is 11.2. The first-order chi connectivity index (χ1) is 8.82. The summed E-state index contributed by atoms with van der Waals surface area (Å²) in [6, 6.07) is 10.5. The average molecular weight is 248 g/mol. The van der Waals surface area contributed by atoms with Gasteiger partial charge in [0.1, 0.15) is 0 Å². The Balaban J connectivity index is 2.27. The van der Waals surface area contributed by atoms with E-state index < -0.39 is 0 Å². The number of hydrazine groups is 1. The lowest BCUT2D eigenvalue weighted by molar-refractivity contribution is -0.0541. The normalized spacial score (nSPS) is 21.2. The van der Waals surface area contributed by atoms with Crippen LogP contribution >= 0.6 is 0 Å². The first kappa shape index (κ1) is 13.5. The van der Waals surface area contributed by atoms with Gasteiger partial charge in [-0.3, -0.25) is 11.3 Å². The van der Waals surface area contributed by atoms with E-state index in [1.165, 1.54) is 31.2 Å². The second-order valence-electron chi connectivity index (χ2n) is 5.19. The van der Waals surface area contributed by atoms with Gasteiger partial charge < -0.3 is 4.74 Å². The van der Waals surface area contributed by atoms with Gasteiger partial charge in [-0.2, -0.15) is 0 Å². The molecular formula is C15H24N2O. The number of hydrogen-bond donors (Lipinski definition) is 2. The second kappa shape index (κ2) is 6.32. The number of nitrogens with two attached hydrogens (primary N) is 1. The Kier molecular flexibility index (Phi) is 4.75. The minimum Gasteiger partial charge on any atom is -0.376 e. The largest absolute Gasteiger partial charge is 0.376 e. The van der Waals surface area contributed by atoms with Gasteiger partial charge in [0.05, 0.1) is 11.6 Å². The van der Waals surface area contributed by atoms with Crippen LogP contribution in [0.2, 0.25) is 0 Å². The molecule has 3 nitrogen and oxygen atoms in total. The Labute approximate surface area is 110 Å². The maximum absolute atomic E-state index is 5.92. The molecule has 0 aromatic heterocycles. The van der Waals surface area contributed by atoms with Crippen molar-refractivity contribution in [1.82, 2.24) is 5.43 Å². The van der Waals surface area contributed by atoms with Crippen LogP contribution in [-0.4, -0.2) is 12.7 Å². The van der Waals surface area contributed by atoms with Crippen molar-refractivity contribution in [3.63, 3.8) is 0 Å². The van der Waals surface area contributed by atoms with E-state index in [-0.39, 0.29) is 11.6 Å². The summed E-state index contributed by atoms with van der Waals surface area (Å²) < 4.78 is 5.92. The highest BCUT2D eigenvalue weighted by Crippen LogP contribution is 2.39. The molecule has 1 aromatic carbocycles. The molecule has 1 fully saturated rings. The standard InChI is InChI=1S/C15H24N2O/c1-18-15(11-7-2-3-8-12-15)14(17-16)13-9-5-4-6-10-13/h4-6,9-10,14,17H,2-3,7-8,11-12,16H2,1H3. The van der Waals surface area contributed by atoms with E-state index in [1.54, 1.807) is 0 Å². The Hall–Kier alpha value is -0.900. The highest BCUT2D eigenvalue weighted by molar-refractivity contribution is 5.22. The van der Waals surface area contributed by atoms with E-state index in [0.717, 1.165) is 12.8 Å². The number of benzene rings is 1. The molecule has 0 saturated heterocycles. The summed E-state index contributed by atoms with van der Waals surface area (Å²) in [7, 11) is 1.82. The molecule has 2 rings (SSSR count). The number of ether oxygens (including phenoxy) is 1. The van der Waals surface area contributed by atoms with Gasteiger partial charge in [0.25, 0.3) is 0 Å². The highest BCUT2D eigenvalue weighted by Gasteiger charge is 2.39. The predicted molar refractivity (Wildman–Crippen MR) is 73.9 cm³/mol. The maximum Gasteiger partial charge on any atom is 0.0885 e. The molecule has 0 spiro atoms. The third kappa shape index (κ3) is 2.74. The van der Waals surface area contributed by atoms with Crippen LogP contribution in [0.15, 0.2) is 30.3 Å². The molecule has 1 saturated carbocycles. The van der Waals surface area contributed by atoms with Crippen molar-refractivity contribution in [2.24, 2.45) is 5.84 Å². The third-order valence-corrected chi connectivity index (χ3v) is 4.18. The number of methoxy groups -OCH3 is 1. The molecule has 100 valence electrons. The fourth-order valence-corrected chi connectivity index (χ4v) is 3.13. The van der Waals surface area contributed by atoms with Crippen LogP contribution in [0.4, 0.5) is 0 Å². The van der Waals surface area contributed by atoms with Crippen molar-refractivity contribution >= 4 is 0 Å². The number of nitrogens with one attached hydrogen (secondary N) is 1. The summed E-state index contributed by atoms with van der Waals surface area (Å²) in [5, 5.41) is 0. The van der Waals surface area contributed by atoms with E-state index >= 15 is 0 Å². The summed E-state index contributed by atoms with van der Waals surface area (Å²) in [4.78, 5) is 0. The monoisotopic (exact) mass is 248 g/mol. The molecule has 0 bridgehead atoms. The van der Waals surface area contributed by atoms with Crippen molar-refractivity contribution in [3.8, 4) is 0 Å². The lowest BCUT2D eigenvalue weighted by Gasteiger charge is -2.39. The first-order valence-corrected chi connectivity index (χ1v) is 6.88. The third-order valence-electron chi connectivity index (χ3n) is 4.18. The van der Waals surface area contributed by atoms with Gasteiger partial charge in [-0.1, -0.05) is 56.0 Å². The summed E-state index contributed by atoms with van der Waals surface area (Å²) in [5.41, 5.74) is 4.03. The molecule has 0 heterocycles. The van der Waals surface area contributed by atoms with Crippen molar-refractivity contribution in [2.75, 3.05) is 7.11 Å². The molecule has 1 aliphatic rings. The van der Waals surface area contributed by atoms with Gasteiger partial charge in [-0.05, 0) is 18.4 Å². The Morgan fingerprint density at radius 1 is 1.11 bits per heavy atom. The molecule has 1 aromatic rings. The number of rotatable bonds is 4. The average Bonchev–Trinajstić information content (AvgIpc) is 2.67. The van der Waals surface area contributed by atoms with Crippen LogP contribution in [0.25, 0.3) is 0 Å². The Bertz CT molecular complexity index is 345. The minimum absolute atomic E-state index is 0.0711. The Morgan fingerprint density at radius 3 is 2.22 bits per heavy atom. The van der Waals surface area contributed by atoms with Gasteiger partial charge in [0.15, 0.2) is 0 Å². The summed E-state index contributed by atoms with van der Waals surface area (Å²) in [5.74, 6) is 5.82. The van der Waals surface area contributed by atoms with Gasteiger partial charge in [-0.25, -0.2) is 0 Å². The van der Waals surface area contributed by atoms with E-state index in [9.17, 15) is 0 Å². The van der Waals surface area contributed by atoms with Crippen LogP contribution in [-0.2, 0) is 4.74 Å². The Morgan fingerprint density at radius 2 is 1.72 bits per heavy atom. The van der Waals surface area contributed by atoms with Gasteiger partial charge in [-0.15, -0.1) is 0 Å². The molecule has 1 atom stereocenters. The zero-order chi connectivity index (χ0) is 12.8. The smallest absolute Gasteiger partial charge is 0.0885 e. The molecule has 1 unspecified atom stereocenters. The fraction of sp³-hybridized carbons (Fsp3) is 0.600. The molecule has 3 N–H and O–H groups in total. The van der Waals surface area contributed by atoms with Crippen LogP contribution in [0.5, 0.6) is 0 Å². The van der Waals surface area contributed by atoms with Gasteiger partial charge in [0.2, 0.25) is 0 Å². The second-order valence-corrected chi connectivity index (χ2v) is 5.19. The maximum atomic E-state index is 5.92. The summed E-state index contributed by atoms with van der Waals surface area (Å²) in [6.07, 6.45) is 7.20. The van der Waals surface area contributed by atoms with Gasteiger partial charge >= 0.3 is 0 Å².